The van der Waals surface area contributed by atoms with E-state index in [2.05, 4.69) is 4.98 Å². The molecule has 3 nitrogen and oxygen atoms in total. The number of anilines is 1. The molecule has 0 saturated heterocycles. The van der Waals surface area contributed by atoms with Gasteiger partial charge in [-0.2, -0.15) is 0 Å². The van der Waals surface area contributed by atoms with Gasteiger partial charge in [0.15, 0.2) is 0 Å². The molecule has 0 amide bonds. The molecular weight excluding hydrogens is 212 g/mol. The number of aryl methyl sites for hydroxylation is 2. The van der Waals surface area contributed by atoms with E-state index in [4.69, 9.17) is 10.5 Å². The largest absolute Gasteiger partial charge is 0.473 e. The molecule has 0 radical (unpaired) electrons. The summed E-state index contributed by atoms with van der Waals surface area (Å²) >= 11 is 0. The van der Waals surface area contributed by atoms with Crippen molar-refractivity contribution in [2.24, 2.45) is 0 Å². The monoisotopic (exact) mass is 228 g/mol. The van der Waals surface area contributed by atoms with Crippen molar-refractivity contribution in [2.75, 3.05) is 5.73 Å². The molecule has 0 spiro atoms. The molecule has 2 N–H and O–H groups in total. The van der Waals surface area contributed by atoms with Crippen LogP contribution in [0.2, 0.25) is 0 Å². The smallest absolute Gasteiger partial charge is 0.213 e. The lowest BCUT2D eigenvalue weighted by Crippen LogP contribution is -2.03. The highest BCUT2D eigenvalue weighted by Crippen LogP contribution is 2.18. The summed E-state index contributed by atoms with van der Waals surface area (Å²) in [5.74, 6) is 0.632. The van der Waals surface area contributed by atoms with Crippen LogP contribution in [-0.4, -0.2) is 4.98 Å². The summed E-state index contributed by atoms with van der Waals surface area (Å²) in [5.41, 5.74) is 9.78. The zero-order valence-corrected chi connectivity index (χ0v) is 10.1. The van der Waals surface area contributed by atoms with Gasteiger partial charge in [-0.15, -0.1) is 0 Å². The Morgan fingerprint density at radius 2 is 1.88 bits per heavy atom. The molecule has 1 aromatic carbocycles. The Balaban J connectivity index is 2.13. The molecule has 0 unspecified atom stereocenters. The van der Waals surface area contributed by atoms with Crippen molar-refractivity contribution < 1.29 is 4.74 Å². The van der Waals surface area contributed by atoms with E-state index in [9.17, 15) is 0 Å². The minimum absolute atomic E-state index is 0.453. The second-order valence-electron chi connectivity index (χ2n) is 4.05. The maximum absolute atomic E-state index is 5.92. The molecule has 0 bridgehead atoms. The molecular formula is C14H16N2O. The van der Waals surface area contributed by atoms with Gasteiger partial charge in [0.25, 0.3) is 0 Å². The van der Waals surface area contributed by atoms with Gasteiger partial charge in [0.1, 0.15) is 6.61 Å². The molecule has 1 heterocycles. The van der Waals surface area contributed by atoms with Gasteiger partial charge in [0.05, 0.1) is 0 Å². The van der Waals surface area contributed by atoms with Gasteiger partial charge in [0, 0.05) is 23.0 Å². The lowest BCUT2D eigenvalue weighted by atomic mass is 10.1. The van der Waals surface area contributed by atoms with Crippen LogP contribution < -0.4 is 10.5 Å². The van der Waals surface area contributed by atoms with Gasteiger partial charge in [-0.25, -0.2) is 4.98 Å². The van der Waals surface area contributed by atoms with E-state index in [0.29, 0.717) is 12.5 Å². The van der Waals surface area contributed by atoms with Crippen molar-refractivity contribution in [1.82, 2.24) is 4.98 Å². The van der Waals surface area contributed by atoms with E-state index in [1.165, 1.54) is 0 Å². The average molecular weight is 228 g/mol. The number of pyridine rings is 1. The van der Waals surface area contributed by atoms with Gasteiger partial charge in [-0.05, 0) is 31.5 Å². The van der Waals surface area contributed by atoms with Crippen LogP contribution in [0.25, 0.3) is 0 Å². The normalized spacial score (nSPS) is 10.2. The van der Waals surface area contributed by atoms with Crippen molar-refractivity contribution in [3.05, 3.63) is 53.2 Å². The van der Waals surface area contributed by atoms with Gasteiger partial charge < -0.3 is 10.5 Å². The van der Waals surface area contributed by atoms with Gasteiger partial charge in [0.2, 0.25) is 5.88 Å². The average Bonchev–Trinajstić information content (AvgIpc) is 2.28. The summed E-state index contributed by atoms with van der Waals surface area (Å²) in [6.45, 7) is 4.42. The topological polar surface area (TPSA) is 48.1 Å². The maximum atomic E-state index is 5.92. The van der Waals surface area contributed by atoms with Crippen LogP contribution in [0.4, 0.5) is 5.69 Å². The van der Waals surface area contributed by atoms with Crippen LogP contribution in [0.5, 0.6) is 5.88 Å². The zero-order valence-electron chi connectivity index (χ0n) is 10.1. The predicted molar refractivity (Wildman–Crippen MR) is 68.9 cm³/mol. The Hall–Kier alpha value is -2.03. The Bertz CT molecular complexity index is 503. The van der Waals surface area contributed by atoms with Gasteiger partial charge in [-0.1, -0.05) is 18.2 Å². The van der Waals surface area contributed by atoms with Crippen LogP contribution in [0.1, 0.15) is 16.8 Å². The highest BCUT2D eigenvalue weighted by atomic mass is 16.5. The van der Waals surface area contributed by atoms with E-state index in [-0.39, 0.29) is 0 Å². The molecule has 0 fully saturated rings. The van der Waals surface area contributed by atoms with Crippen LogP contribution in [-0.2, 0) is 6.61 Å². The van der Waals surface area contributed by atoms with Crippen molar-refractivity contribution in [2.45, 2.75) is 20.5 Å². The molecule has 17 heavy (non-hydrogen) atoms. The number of hydrogen-bond donors (Lipinski definition) is 1. The number of nitrogens with two attached hydrogens (primary N) is 1. The summed E-state index contributed by atoms with van der Waals surface area (Å²) < 4.78 is 5.64. The molecule has 0 aliphatic heterocycles. The molecule has 0 aliphatic carbocycles. The molecule has 0 atom stereocenters. The fraction of sp³-hybridized carbons (Fsp3) is 0.214. The number of rotatable bonds is 3. The summed E-state index contributed by atoms with van der Waals surface area (Å²) in [5, 5.41) is 0. The van der Waals surface area contributed by atoms with E-state index in [0.717, 1.165) is 22.5 Å². The van der Waals surface area contributed by atoms with Crippen LogP contribution >= 0.6 is 0 Å². The lowest BCUT2D eigenvalue weighted by Gasteiger charge is -2.10. The quantitative estimate of drug-likeness (QED) is 0.822. The maximum Gasteiger partial charge on any atom is 0.213 e. The second-order valence-corrected chi connectivity index (χ2v) is 4.05. The third kappa shape index (κ3) is 2.75. The summed E-state index contributed by atoms with van der Waals surface area (Å²) in [6.07, 6.45) is 0. The summed E-state index contributed by atoms with van der Waals surface area (Å²) in [6, 6.07) is 11.6. The molecule has 3 heteroatoms. The number of aromatic nitrogens is 1. The molecule has 88 valence electrons. The SMILES string of the molecule is Cc1cccc(OCc2c(C)cccc2N)n1. The van der Waals surface area contributed by atoms with Crippen LogP contribution in [0, 0.1) is 13.8 Å². The Labute approximate surface area is 101 Å². The van der Waals surface area contributed by atoms with Crippen molar-refractivity contribution >= 4 is 5.69 Å². The molecule has 0 saturated carbocycles. The van der Waals surface area contributed by atoms with Gasteiger partial charge in [-0.3, -0.25) is 0 Å². The van der Waals surface area contributed by atoms with E-state index >= 15 is 0 Å². The van der Waals surface area contributed by atoms with Gasteiger partial charge >= 0.3 is 0 Å². The lowest BCUT2D eigenvalue weighted by molar-refractivity contribution is 0.293. The first kappa shape index (κ1) is 11.5. The number of ether oxygens (including phenoxy) is 1. The first-order valence-electron chi connectivity index (χ1n) is 5.57. The molecule has 2 aromatic rings. The fourth-order valence-electron chi connectivity index (χ4n) is 1.67. The van der Waals surface area contributed by atoms with Crippen molar-refractivity contribution in [3.8, 4) is 5.88 Å². The fourth-order valence-corrected chi connectivity index (χ4v) is 1.67. The zero-order chi connectivity index (χ0) is 12.3. The van der Waals surface area contributed by atoms with E-state index < -0.39 is 0 Å². The highest BCUT2D eigenvalue weighted by molar-refractivity contribution is 5.50. The summed E-state index contributed by atoms with van der Waals surface area (Å²) in [7, 11) is 0. The van der Waals surface area contributed by atoms with E-state index in [1.807, 2.05) is 50.2 Å². The van der Waals surface area contributed by atoms with Crippen molar-refractivity contribution in [3.63, 3.8) is 0 Å². The predicted octanol–water partition coefficient (Wildman–Crippen LogP) is 2.86. The molecule has 0 aliphatic rings. The Morgan fingerprint density at radius 1 is 1.12 bits per heavy atom. The number of benzene rings is 1. The third-order valence-corrected chi connectivity index (χ3v) is 2.67. The number of nitrogen functional groups attached to an aromatic ring is 1. The van der Waals surface area contributed by atoms with Crippen molar-refractivity contribution in [1.29, 1.82) is 0 Å². The highest BCUT2D eigenvalue weighted by Gasteiger charge is 2.04. The molecule has 2 rings (SSSR count). The minimum Gasteiger partial charge on any atom is -0.473 e. The number of hydrogen-bond acceptors (Lipinski definition) is 3. The van der Waals surface area contributed by atoms with E-state index in [1.54, 1.807) is 0 Å². The first-order chi connectivity index (χ1) is 8.16. The first-order valence-corrected chi connectivity index (χ1v) is 5.57. The third-order valence-electron chi connectivity index (χ3n) is 2.67. The van der Waals surface area contributed by atoms with Crippen LogP contribution in [0.15, 0.2) is 36.4 Å². The van der Waals surface area contributed by atoms with Crippen LogP contribution in [0.3, 0.4) is 0 Å². The Kier molecular flexibility index (Phi) is 3.28. The summed E-state index contributed by atoms with van der Waals surface area (Å²) in [4.78, 5) is 4.28. The molecule has 1 aromatic heterocycles. The Morgan fingerprint density at radius 3 is 2.59 bits per heavy atom. The number of nitrogens with zero attached hydrogens (tertiary/aromatic N) is 1. The minimum atomic E-state index is 0.453. The standard InChI is InChI=1S/C14H16N2O/c1-10-5-3-7-13(15)12(10)9-17-14-8-4-6-11(2)16-14/h3-8H,9,15H2,1-2H3. The second kappa shape index (κ2) is 4.87.